The van der Waals surface area contributed by atoms with Gasteiger partial charge in [-0.1, -0.05) is 54.2 Å². The number of nitrogens with zero attached hydrogens (tertiary/aromatic N) is 3. The summed E-state index contributed by atoms with van der Waals surface area (Å²) in [6, 6.07) is 16.1. The monoisotopic (exact) mass is 406 g/mol. The Hall–Kier alpha value is -2.93. The molecule has 1 atom stereocenters. The summed E-state index contributed by atoms with van der Waals surface area (Å²) >= 11 is 1.55. The van der Waals surface area contributed by atoms with Crippen LogP contribution in [0.3, 0.4) is 0 Å². The molecule has 2 heterocycles. The Bertz CT molecular complexity index is 1090. The maximum atomic E-state index is 13.5. The highest BCUT2D eigenvalue weighted by Crippen LogP contribution is 2.40. The summed E-state index contributed by atoms with van der Waals surface area (Å²) in [5.74, 6) is 1.21. The summed E-state index contributed by atoms with van der Waals surface area (Å²) in [6.45, 7) is 0. The normalized spacial score (nSPS) is 18.2. The van der Waals surface area contributed by atoms with Gasteiger partial charge in [0.2, 0.25) is 11.1 Å². The fourth-order valence-corrected chi connectivity index (χ4v) is 4.66. The summed E-state index contributed by atoms with van der Waals surface area (Å²) in [5.41, 5.74) is 3.66. The van der Waals surface area contributed by atoms with Crippen molar-refractivity contribution in [2.24, 2.45) is 0 Å². The van der Waals surface area contributed by atoms with Crippen molar-refractivity contribution in [1.82, 2.24) is 14.8 Å². The summed E-state index contributed by atoms with van der Waals surface area (Å²) in [4.78, 5) is 17.4. The van der Waals surface area contributed by atoms with Gasteiger partial charge in [0.1, 0.15) is 11.9 Å². The first-order valence-electron chi connectivity index (χ1n) is 9.61. The highest BCUT2D eigenvalue weighted by atomic mass is 32.2. The number of thioether (sulfide) groups is 1. The number of rotatable bonds is 4. The van der Waals surface area contributed by atoms with Crippen LogP contribution in [0.25, 0.3) is 0 Å². The molecule has 2 aromatic carbocycles. The van der Waals surface area contributed by atoms with Crippen molar-refractivity contribution in [1.29, 1.82) is 0 Å². The van der Waals surface area contributed by atoms with E-state index < -0.39 is 0 Å². The van der Waals surface area contributed by atoms with E-state index in [2.05, 4.69) is 22.4 Å². The van der Waals surface area contributed by atoms with Crippen molar-refractivity contribution in [3.05, 3.63) is 82.8 Å². The Morgan fingerprint density at radius 1 is 1.10 bits per heavy atom. The van der Waals surface area contributed by atoms with Crippen LogP contribution in [0, 0.1) is 5.82 Å². The van der Waals surface area contributed by atoms with Crippen LogP contribution >= 0.6 is 11.8 Å². The minimum Gasteiger partial charge on any atom is -0.328 e. The lowest BCUT2D eigenvalue weighted by molar-refractivity contribution is -0.116. The topological polar surface area (TPSA) is 59.8 Å². The van der Waals surface area contributed by atoms with Gasteiger partial charge in [-0.25, -0.2) is 9.07 Å². The predicted molar refractivity (Wildman–Crippen MR) is 110 cm³/mol. The maximum Gasteiger partial charge on any atom is 0.227 e. The highest BCUT2D eigenvalue weighted by molar-refractivity contribution is 7.98. The average molecular weight is 406 g/mol. The second kappa shape index (κ2) is 7.48. The molecular weight excluding hydrogens is 387 g/mol. The molecule has 0 radical (unpaired) electrons. The SMILES string of the molecule is O=C1CCCC2=C1[C@@H](c1ccc(F)cc1)n1nc(SCc3ccccc3)nc1N2. The number of carbonyl (C=O) groups is 1. The van der Waals surface area contributed by atoms with E-state index in [0.717, 1.165) is 35.4 Å². The number of hydrogen-bond donors (Lipinski definition) is 1. The molecule has 0 fully saturated rings. The number of carbonyl (C=O) groups excluding carboxylic acids is 1. The number of halogens is 1. The van der Waals surface area contributed by atoms with E-state index >= 15 is 0 Å². The molecule has 0 bridgehead atoms. The molecule has 0 spiro atoms. The number of ketones is 1. The average Bonchev–Trinajstić information content (AvgIpc) is 3.15. The molecule has 0 saturated carbocycles. The number of hydrogen-bond acceptors (Lipinski definition) is 5. The first kappa shape index (κ1) is 18.1. The third-order valence-corrected chi connectivity index (χ3v) is 6.15. The second-order valence-electron chi connectivity index (χ2n) is 7.18. The van der Waals surface area contributed by atoms with Crippen molar-refractivity contribution in [3.63, 3.8) is 0 Å². The molecule has 1 aliphatic heterocycles. The van der Waals surface area contributed by atoms with E-state index in [-0.39, 0.29) is 17.6 Å². The van der Waals surface area contributed by atoms with Crippen molar-refractivity contribution < 1.29 is 9.18 Å². The fraction of sp³-hybridized carbons (Fsp3) is 0.227. The van der Waals surface area contributed by atoms with E-state index in [0.29, 0.717) is 17.5 Å². The molecule has 0 saturated heterocycles. The van der Waals surface area contributed by atoms with Crippen molar-refractivity contribution in [2.45, 2.75) is 36.2 Å². The lowest BCUT2D eigenvalue weighted by Gasteiger charge is -2.32. The number of nitrogens with one attached hydrogen (secondary N) is 1. The van der Waals surface area contributed by atoms with Crippen LogP contribution in [0.5, 0.6) is 0 Å². The first-order chi connectivity index (χ1) is 14.2. The smallest absolute Gasteiger partial charge is 0.227 e. The van der Waals surface area contributed by atoms with Crippen LogP contribution in [0.1, 0.15) is 36.4 Å². The lowest BCUT2D eigenvalue weighted by atomic mass is 9.85. The quantitative estimate of drug-likeness (QED) is 0.635. The Balaban J connectivity index is 1.52. The number of Topliss-reactive ketones (excluding diaryl/α,β-unsaturated/α-hetero) is 1. The van der Waals surface area contributed by atoms with Gasteiger partial charge in [-0.15, -0.1) is 5.10 Å². The van der Waals surface area contributed by atoms with E-state index in [9.17, 15) is 9.18 Å². The highest BCUT2D eigenvalue weighted by Gasteiger charge is 2.36. The molecule has 146 valence electrons. The van der Waals surface area contributed by atoms with Gasteiger partial charge >= 0.3 is 0 Å². The number of fused-ring (bicyclic) bond motifs is 1. The Morgan fingerprint density at radius 3 is 2.69 bits per heavy atom. The van der Waals surface area contributed by atoms with Gasteiger partial charge in [-0.2, -0.15) is 4.98 Å². The molecule has 5 rings (SSSR count). The van der Waals surface area contributed by atoms with Crippen LogP contribution in [-0.2, 0) is 10.5 Å². The summed E-state index contributed by atoms with van der Waals surface area (Å²) in [6.07, 6.45) is 2.15. The third kappa shape index (κ3) is 3.46. The molecule has 29 heavy (non-hydrogen) atoms. The van der Waals surface area contributed by atoms with Gasteiger partial charge in [-0.3, -0.25) is 4.79 Å². The molecule has 1 N–H and O–H groups in total. The maximum absolute atomic E-state index is 13.5. The zero-order chi connectivity index (χ0) is 19.8. The lowest BCUT2D eigenvalue weighted by Crippen LogP contribution is -2.31. The molecule has 1 aromatic heterocycles. The Morgan fingerprint density at radius 2 is 1.90 bits per heavy atom. The molecular formula is C22H19FN4OS. The molecule has 0 amide bonds. The van der Waals surface area contributed by atoms with Crippen LogP contribution < -0.4 is 5.32 Å². The van der Waals surface area contributed by atoms with Gasteiger partial charge in [0.05, 0.1) is 0 Å². The Kier molecular flexibility index (Phi) is 4.67. The van der Waals surface area contributed by atoms with Crippen molar-refractivity contribution in [2.75, 3.05) is 5.32 Å². The molecule has 2 aliphatic rings. The molecule has 1 aliphatic carbocycles. The Labute approximate surface area is 172 Å². The van der Waals surface area contributed by atoms with Gasteiger partial charge in [0.15, 0.2) is 5.78 Å². The summed E-state index contributed by atoms with van der Waals surface area (Å²) in [7, 11) is 0. The van der Waals surface area contributed by atoms with Crippen molar-refractivity contribution >= 4 is 23.5 Å². The van der Waals surface area contributed by atoms with Crippen molar-refractivity contribution in [3.8, 4) is 0 Å². The number of anilines is 1. The molecule has 5 nitrogen and oxygen atoms in total. The first-order valence-corrected chi connectivity index (χ1v) is 10.6. The van der Waals surface area contributed by atoms with Gasteiger partial charge in [-0.05, 0) is 36.1 Å². The minimum absolute atomic E-state index is 0.118. The summed E-state index contributed by atoms with van der Waals surface area (Å²) in [5, 5.41) is 8.67. The molecule has 3 aromatic rings. The number of benzene rings is 2. The van der Waals surface area contributed by atoms with Gasteiger partial charge in [0, 0.05) is 23.4 Å². The zero-order valence-electron chi connectivity index (χ0n) is 15.6. The zero-order valence-corrected chi connectivity index (χ0v) is 16.5. The van der Waals surface area contributed by atoms with Crippen LogP contribution in [0.2, 0.25) is 0 Å². The number of allylic oxidation sites excluding steroid dienone is 2. The van der Waals surface area contributed by atoms with Crippen LogP contribution in [0.4, 0.5) is 10.3 Å². The number of aromatic nitrogens is 3. The largest absolute Gasteiger partial charge is 0.328 e. The van der Waals surface area contributed by atoms with E-state index in [1.807, 2.05) is 18.2 Å². The third-order valence-electron chi connectivity index (χ3n) is 5.25. The van der Waals surface area contributed by atoms with Crippen LogP contribution in [0.15, 0.2) is 71.0 Å². The fourth-order valence-electron chi connectivity index (χ4n) is 3.87. The van der Waals surface area contributed by atoms with E-state index in [4.69, 9.17) is 5.10 Å². The van der Waals surface area contributed by atoms with E-state index in [1.54, 1.807) is 28.6 Å². The van der Waals surface area contributed by atoms with Gasteiger partial charge in [0.25, 0.3) is 0 Å². The second-order valence-corrected chi connectivity index (χ2v) is 8.13. The van der Waals surface area contributed by atoms with E-state index in [1.165, 1.54) is 17.7 Å². The van der Waals surface area contributed by atoms with Gasteiger partial charge < -0.3 is 5.32 Å². The van der Waals surface area contributed by atoms with Crippen LogP contribution in [-0.4, -0.2) is 20.5 Å². The molecule has 7 heteroatoms. The predicted octanol–water partition coefficient (Wildman–Crippen LogP) is 4.73. The summed E-state index contributed by atoms with van der Waals surface area (Å²) < 4.78 is 15.3. The standard InChI is InChI=1S/C22H19FN4OS/c23-16-11-9-15(10-12-16)20-19-17(7-4-8-18(19)28)24-21-25-22(26-27(20)21)29-13-14-5-2-1-3-6-14/h1-3,5-6,9-12,20H,4,7-8,13H2,(H,24,25,26)/t20-/m1/s1. The molecule has 0 unspecified atom stereocenters. The minimum atomic E-state index is -0.381.